The molecule has 5 heteroatoms. The first-order valence-corrected chi connectivity index (χ1v) is 6.52. The molecule has 0 atom stereocenters. The first-order valence-electron chi connectivity index (χ1n) is 6.52. The number of carbonyl (C=O) groups is 2. The van der Waals surface area contributed by atoms with Crippen molar-refractivity contribution in [3.05, 3.63) is 59.4 Å². The van der Waals surface area contributed by atoms with Gasteiger partial charge in [0.2, 0.25) is 0 Å². The number of pyridine rings is 1. The minimum absolute atomic E-state index is 0.120. The number of carbonyl (C=O) groups excluding carboxylic acids is 2. The van der Waals surface area contributed by atoms with Crippen molar-refractivity contribution in [2.75, 3.05) is 5.32 Å². The fraction of sp³-hybridized carbons (Fsp3) is 0.188. The molecule has 0 aliphatic carbocycles. The van der Waals surface area contributed by atoms with Gasteiger partial charge in [-0.2, -0.15) is 0 Å². The Kier molecular flexibility index (Phi) is 4.66. The molecule has 0 spiro atoms. The molecule has 0 bridgehead atoms. The summed E-state index contributed by atoms with van der Waals surface area (Å²) in [6, 6.07) is 10.7. The summed E-state index contributed by atoms with van der Waals surface area (Å²) in [6.07, 6.45) is 1.56. The molecule has 0 aliphatic rings. The second kappa shape index (κ2) is 6.65. The van der Waals surface area contributed by atoms with Crippen LogP contribution in [-0.4, -0.2) is 16.9 Å². The summed E-state index contributed by atoms with van der Waals surface area (Å²) < 4.78 is 5.01. The van der Waals surface area contributed by atoms with E-state index in [1.54, 1.807) is 24.4 Å². The van der Waals surface area contributed by atoms with Crippen molar-refractivity contribution in [3.8, 4) is 0 Å². The highest BCUT2D eigenvalue weighted by molar-refractivity contribution is 6.03. The molecule has 1 aromatic heterocycles. The van der Waals surface area contributed by atoms with E-state index in [1.165, 1.54) is 6.92 Å². The first-order chi connectivity index (χ1) is 10.1. The number of nitrogens with zero attached hydrogens (tertiary/aromatic N) is 1. The van der Waals surface area contributed by atoms with Crippen LogP contribution in [0.4, 0.5) is 5.69 Å². The number of rotatable bonds is 4. The molecule has 0 aliphatic heterocycles. The topological polar surface area (TPSA) is 68.3 Å². The molecule has 1 N–H and O–H groups in total. The van der Waals surface area contributed by atoms with Crippen LogP contribution in [0.5, 0.6) is 0 Å². The van der Waals surface area contributed by atoms with Gasteiger partial charge >= 0.3 is 5.97 Å². The van der Waals surface area contributed by atoms with Crippen LogP contribution < -0.4 is 5.32 Å². The van der Waals surface area contributed by atoms with Gasteiger partial charge in [0.05, 0.1) is 5.69 Å². The van der Waals surface area contributed by atoms with Gasteiger partial charge in [-0.15, -0.1) is 0 Å². The number of hydrogen-bond donors (Lipinski definition) is 1. The third-order valence-electron chi connectivity index (χ3n) is 2.93. The highest BCUT2D eigenvalue weighted by Crippen LogP contribution is 2.22. The predicted octanol–water partition coefficient (Wildman–Crippen LogP) is 2.71. The van der Waals surface area contributed by atoms with E-state index in [9.17, 15) is 9.59 Å². The quantitative estimate of drug-likeness (QED) is 0.876. The summed E-state index contributed by atoms with van der Waals surface area (Å²) in [5.74, 6) is -0.660. The Labute approximate surface area is 123 Å². The Hall–Kier alpha value is -2.69. The van der Waals surface area contributed by atoms with Crippen molar-refractivity contribution < 1.29 is 14.3 Å². The minimum Gasteiger partial charge on any atom is -0.461 e. The van der Waals surface area contributed by atoms with Crippen LogP contribution in [0.1, 0.15) is 28.5 Å². The Bertz CT molecular complexity index is 654. The van der Waals surface area contributed by atoms with Crippen molar-refractivity contribution in [3.63, 3.8) is 0 Å². The SMILES string of the molecule is CC(=O)OCc1cccc(C)c1NC(=O)c1ccccn1. The number of hydrogen-bond acceptors (Lipinski definition) is 4. The van der Waals surface area contributed by atoms with E-state index >= 15 is 0 Å². The molecule has 1 aromatic carbocycles. The number of aromatic nitrogens is 1. The lowest BCUT2D eigenvalue weighted by Crippen LogP contribution is -2.16. The summed E-state index contributed by atoms with van der Waals surface area (Å²) in [4.78, 5) is 27.1. The van der Waals surface area contributed by atoms with E-state index in [1.807, 2.05) is 25.1 Å². The molecule has 1 amide bonds. The molecular weight excluding hydrogens is 268 g/mol. The van der Waals surface area contributed by atoms with E-state index in [4.69, 9.17) is 4.74 Å². The van der Waals surface area contributed by atoms with Gasteiger partial charge < -0.3 is 10.1 Å². The van der Waals surface area contributed by atoms with Crippen molar-refractivity contribution in [1.29, 1.82) is 0 Å². The lowest BCUT2D eigenvalue weighted by atomic mass is 10.1. The molecule has 0 fully saturated rings. The normalized spacial score (nSPS) is 10.0. The average Bonchev–Trinajstić information content (AvgIpc) is 2.48. The van der Waals surface area contributed by atoms with Gasteiger partial charge in [-0.3, -0.25) is 14.6 Å². The Morgan fingerprint density at radius 2 is 2.00 bits per heavy atom. The largest absolute Gasteiger partial charge is 0.461 e. The monoisotopic (exact) mass is 284 g/mol. The van der Waals surface area contributed by atoms with Crippen molar-refractivity contribution in [2.24, 2.45) is 0 Å². The molecule has 0 unspecified atom stereocenters. The number of esters is 1. The number of benzene rings is 1. The average molecular weight is 284 g/mol. The first kappa shape index (κ1) is 14.7. The zero-order valence-electron chi connectivity index (χ0n) is 11.9. The molecule has 0 saturated carbocycles. The van der Waals surface area contributed by atoms with Crippen LogP contribution in [0.15, 0.2) is 42.6 Å². The van der Waals surface area contributed by atoms with E-state index in [-0.39, 0.29) is 18.5 Å². The highest BCUT2D eigenvalue weighted by atomic mass is 16.5. The molecule has 1 heterocycles. The van der Waals surface area contributed by atoms with Gasteiger partial charge in [0.1, 0.15) is 12.3 Å². The van der Waals surface area contributed by atoms with Crippen molar-refractivity contribution in [1.82, 2.24) is 4.98 Å². The number of nitrogens with one attached hydrogen (secondary N) is 1. The Balaban J connectivity index is 2.22. The summed E-state index contributed by atoms with van der Waals surface area (Å²) >= 11 is 0. The molecule has 2 aromatic rings. The molecule has 2 rings (SSSR count). The fourth-order valence-corrected chi connectivity index (χ4v) is 1.88. The van der Waals surface area contributed by atoms with Crippen LogP contribution >= 0.6 is 0 Å². The molecule has 108 valence electrons. The fourth-order valence-electron chi connectivity index (χ4n) is 1.88. The third kappa shape index (κ3) is 3.89. The minimum atomic E-state index is -0.362. The molecule has 0 radical (unpaired) electrons. The van der Waals surface area contributed by atoms with Crippen LogP contribution in [-0.2, 0) is 16.1 Å². The number of aryl methyl sites for hydroxylation is 1. The maximum Gasteiger partial charge on any atom is 0.302 e. The third-order valence-corrected chi connectivity index (χ3v) is 2.93. The maximum atomic E-state index is 12.2. The van der Waals surface area contributed by atoms with Crippen LogP contribution in [0.2, 0.25) is 0 Å². The Morgan fingerprint density at radius 3 is 2.67 bits per heavy atom. The number of anilines is 1. The zero-order chi connectivity index (χ0) is 15.2. The smallest absolute Gasteiger partial charge is 0.302 e. The van der Waals surface area contributed by atoms with Crippen LogP contribution in [0, 0.1) is 6.92 Å². The van der Waals surface area contributed by atoms with E-state index < -0.39 is 0 Å². The second-order valence-corrected chi connectivity index (χ2v) is 4.56. The van der Waals surface area contributed by atoms with Crippen LogP contribution in [0.25, 0.3) is 0 Å². The molecule has 0 saturated heterocycles. The van der Waals surface area contributed by atoms with Gasteiger partial charge in [0, 0.05) is 18.7 Å². The van der Waals surface area contributed by atoms with E-state index in [0.717, 1.165) is 11.1 Å². The zero-order valence-corrected chi connectivity index (χ0v) is 11.9. The molecule has 5 nitrogen and oxygen atoms in total. The number of ether oxygens (including phenoxy) is 1. The highest BCUT2D eigenvalue weighted by Gasteiger charge is 2.12. The Morgan fingerprint density at radius 1 is 1.19 bits per heavy atom. The molecule has 21 heavy (non-hydrogen) atoms. The standard InChI is InChI=1S/C16H16N2O3/c1-11-6-5-7-13(10-21-12(2)19)15(11)18-16(20)14-8-3-4-9-17-14/h3-9H,10H2,1-2H3,(H,18,20). The summed E-state index contributed by atoms with van der Waals surface area (Å²) in [6.45, 7) is 3.35. The summed E-state index contributed by atoms with van der Waals surface area (Å²) in [7, 11) is 0. The van der Waals surface area contributed by atoms with Gasteiger partial charge in [0.25, 0.3) is 5.91 Å². The lowest BCUT2D eigenvalue weighted by molar-refractivity contribution is -0.142. The molecular formula is C16H16N2O3. The van der Waals surface area contributed by atoms with Gasteiger partial charge in [-0.05, 0) is 24.6 Å². The van der Waals surface area contributed by atoms with E-state index in [0.29, 0.717) is 11.4 Å². The predicted molar refractivity (Wildman–Crippen MR) is 78.8 cm³/mol. The van der Waals surface area contributed by atoms with Crippen LogP contribution in [0.3, 0.4) is 0 Å². The summed E-state index contributed by atoms with van der Waals surface area (Å²) in [5.41, 5.74) is 2.62. The number of amides is 1. The van der Waals surface area contributed by atoms with Gasteiger partial charge in [-0.25, -0.2) is 0 Å². The summed E-state index contributed by atoms with van der Waals surface area (Å²) in [5, 5.41) is 2.83. The van der Waals surface area contributed by atoms with Gasteiger partial charge in [0.15, 0.2) is 0 Å². The maximum absolute atomic E-state index is 12.2. The lowest BCUT2D eigenvalue weighted by Gasteiger charge is -2.13. The van der Waals surface area contributed by atoms with Gasteiger partial charge in [-0.1, -0.05) is 24.3 Å². The van der Waals surface area contributed by atoms with Crippen molar-refractivity contribution >= 4 is 17.6 Å². The second-order valence-electron chi connectivity index (χ2n) is 4.56. The van der Waals surface area contributed by atoms with E-state index in [2.05, 4.69) is 10.3 Å². The van der Waals surface area contributed by atoms with Crippen molar-refractivity contribution in [2.45, 2.75) is 20.5 Å². The number of para-hydroxylation sites is 1.